The van der Waals surface area contributed by atoms with Crippen molar-refractivity contribution < 1.29 is 4.39 Å². The van der Waals surface area contributed by atoms with Gasteiger partial charge in [0, 0.05) is 6.20 Å². The highest BCUT2D eigenvalue weighted by Crippen LogP contribution is 2.22. The lowest BCUT2D eigenvalue weighted by Crippen LogP contribution is -1.94. The first-order chi connectivity index (χ1) is 8.65. The van der Waals surface area contributed by atoms with E-state index < -0.39 is 0 Å². The molecule has 2 aromatic rings. The van der Waals surface area contributed by atoms with Gasteiger partial charge < -0.3 is 0 Å². The van der Waals surface area contributed by atoms with E-state index in [4.69, 9.17) is 23.2 Å². The second kappa shape index (κ2) is 5.80. The lowest BCUT2D eigenvalue weighted by atomic mass is 10.2. The Kier molecular flexibility index (Phi) is 4.12. The van der Waals surface area contributed by atoms with Gasteiger partial charge in [-0.15, -0.1) is 0 Å². The van der Waals surface area contributed by atoms with Crippen molar-refractivity contribution in [1.82, 2.24) is 4.98 Å². The Morgan fingerprint density at radius 2 is 2.11 bits per heavy atom. The zero-order valence-electron chi connectivity index (χ0n) is 9.07. The maximum absolute atomic E-state index is 12.9. The summed E-state index contributed by atoms with van der Waals surface area (Å²) >= 11 is 11.6. The van der Waals surface area contributed by atoms with Crippen LogP contribution < -0.4 is 5.43 Å². The van der Waals surface area contributed by atoms with Crippen LogP contribution in [-0.4, -0.2) is 11.2 Å². The number of hydrazone groups is 1. The number of anilines is 1. The van der Waals surface area contributed by atoms with Crippen LogP contribution in [0.1, 0.15) is 5.56 Å². The molecule has 2 rings (SSSR count). The van der Waals surface area contributed by atoms with Crippen molar-refractivity contribution >= 4 is 35.2 Å². The van der Waals surface area contributed by atoms with Crippen LogP contribution in [-0.2, 0) is 0 Å². The molecule has 92 valence electrons. The number of halogens is 3. The average Bonchev–Trinajstić information content (AvgIpc) is 2.32. The lowest BCUT2D eigenvalue weighted by molar-refractivity contribution is 0.627. The van der Waals surface area contributed by atoms with Crippen LogP contribution in [0.5, 0.6) is 0 Å². The standard InChI is InChI=1S/C12H8Cl2FN3/c13-9-5-11(14)12(16-7-9)18-17-6-8-2-1-3-10(15)4-8/h1-7H,(H,16,18)/b17-6+. The zero-order valence-corrected chi connectivity index (χ0v) is 10.6. The number of rotatable bonds is 3. The van der Waals surface area contributed by atoms with E-state index in [-0.39, 0.29) is 5.82 Å². The fraction of sp³-hybridized carbons (Fsp3) is 0. The summed E-state index contributed by atoms with van der Waals surface area (Å²) in [5.74, 6) is 0.0651. The molecule has 0 radical (unpaired) electrons. The molecule has 0 aliphatic rings. The number of nitrogens with zero attached hydrogens (tertiary/aromatic N) is 2. The summed E-state index contributed by atoms with van der Waals surface area (Å²) in [7, 11) is 0. The van der Waals surface area contributed by atoms with Gasteiger partial charge >= 0.3 is 0 Å². The van der Waals surface area contributed by atoms with Gasteiger partial charge in [0.2, 0.25) is 0 Å². The number of hydrogen-bond donors (Lipinski definition) is 1. The van der Waals surface area contributed by atoms with Crippen molar-refractivity contribution in [3.05, 3.63) is 58.0 Å². The van der Waals surface area contributed by atoms with Crippen LogP contribution in [0.15, 0.2) is 41.6 Å². The van der Waals surface area contributed by atoms with E-state index >= 15 is 0 Å². The molecule has 18 heavy (non-hydrogen) atoms. The van der Waals surface area contributed by atoms with Crippen LogP contribution in [0.2, 0.25) is 10.0 Å². The van der Waals surface area contributed by atoms with Crippen molar-refractivity contribution in [2.45, 2.75) is 0 Å². The van der Waals surface area contributed by atoms with Crippen molar-refractivity contribution in [1.29, 1.82) is 0 Å². The highest BCUT2D eigenvalue weighted by Gasteiger charge is 2.00. The molecule has 0 atom stereocenters. The normalized spacial score (nSPS) is 10.8. The monoisotopic (exact) mass is 283 g/mol. The molecule has 0 aliphatic heterocycles. The van der Waals surface area contributed by atoms with E-state index in [0.717, 1.165) is 0 Å². The lowest BCUT2D eigenvalue weighted by Gasteiger charge is -2.01. The minimum Gasteiger partial charge on any atom is -0.260 e. The quantitative estimate of drug-likeness (QED) is 0.684. The maximum atomic E-state index is 12.9. The van der Waals surface area contributed by atoms with Gasteiger partial charge in [-0.1, -0.05) is 35.3 Å². The summed E-state index contributed by atoms with van der Waals surface area (Å²) < 4.78 is 12.9. The molecule has 0 saturated carbocycles. The number of aromatic nitrogens is 1. The third kappa shape index (κ3) is 3.42. The summed E-state index contributed by atoms with van der Waals surface area (Å²) in [5.41, 5.74) is 3.29. The smallest absolute Gasteiger partial charge is 0.165 e. The van der Waals surface area contributed by atoms with Crippen molar-refractivity contribution in [2.24, 2.45) is 5.10 Å². The van der Waals surface area contributed by atoms with Crippen LogP contribution in [0.4, 0.5) is 10.2 Å². The van der Waals surface area contributed by atoms with Gasteiger partial charge in [0.15, 0.2) is 5.82 Å². The zero-order chi connectivity index (χ0) is 13.0. The molecular weight excluding hydrogens is 276 g/mol. The van der Waals surface area contributed by atoms with Crippen LogP contribution in [0.3, 0.4) is 0 Å². The van der Waals surface area contributed by atoms with Gasteiger partial charge in [0.05, 0.1) is 16.3 Å². The minimum atomic E-state index is -0.318. The first kappa shape index (κ1) is 12.8. The van der Waals surface area contributed by atoms with E-state index in [9.17, 15) is 4.39 Å². The Hall–Kier alpha value is -1.65. The van der Waals surface area contributed by atoms with Crippen molar-refractivity contribution in [2.75, 3.05) is 5.43 Å². The molecule has 1 N–H and O–H groups in total. The highest BCUT2D eigenvalue weighted by molar-refractivity contribution is 6.35. The molecule has 0 unspecified atom stereocenters. The summed E-state index contributed by atoms with van der Waals surface area (Å²) in [5, 5.41) is 4.72. The Balaban J connectivity index is 2.07. The van der Waals surface area contributed by atoms with Gasteiger partial charge in [0.1, 0.15) is 5.82 Å². The van der Waals surface area contributed by atoms with Gasteiger partial charge in [-0.2, -0.15) is 5.10 Å². The second-order valence-corrected chi connectivity index (χ2v) is 4.25. The van der Waals surface area contributed by atoms with Crippen molar-refractivity contribution in [3.8, 4) is 0 Å². The van der Waals surface area contributed by atoms with Crippen LogP contribution in [0, 0.1) is 5.82 Å². The first-order valence-corrected chi connectivity index (χ1v) is 5.76. The van der Waals surface area contributed by atoms with E-state index in [1.165, 1.54) is 24.5 Å². The molecule has 0 bridgehead atoms. The Bertz CT molecular complexity index is 587. The van der Waals surface area contributed by atoms with Gasteiger partial charge in [-0.05, 0) is 23.8 Å². The first-order valence-electron chi connectivity index (χ1n) is 5.01. The van der Waals surface area contributed by atoms with Gasteiger partial charge in [-0.3, -0.25) is 5.43 Å². The predicted molar refractivity (Wildman–Crippen MR) is 71.9 cm³/mol. The molecule has 0 amide bonds. The minimum absolute atomic E-state index is 0.318. The molecule has 1 aromatic carbocycles. The summed E-state index contributed by atoms with van der Waals surface area (Å²) in [4.78, 5) is 3.96. The molecule has 0 aliphatic carbocycles. The second-order valence-electron chi connectivity index (χ2n) is 3.41. The fourth-order valence-corrected chi connectivity index (χ4v) is 1.67. The Morgan fingerprint density at radius 3 is 2.83 bits per heavy atom. The molecular formula is C12H8Cl2FN3. The summed E-state index contributed by atoms with van der Waals surface area (Å²) in [6.07, 6.45) is 2.92. The van der Waals surface area contributed by atoms with Gasteiger partial charge in [-0.25, -0.2) is 9.37 Å². The fourth-order valence-electron chi connectivity index (χ4n) is 1.25. The SMILES string of the molecule is Fc1cccc(/C=N/Nc2ncc(Cl)cc2Cl)c1. The maximum Gasteiger partial charge on any atom is 0.165 e. The summed E-state index contributed by atoms with van der Waals surface area (Å²) in [6.45, 7) is 0. The van der Waals surface area contributed by atoms with E-state index in [1.54, 1.807) is 18.2 Å². The molecule has 1 aromatic heterocycles. The highest BCUT2D eigenvalue weighted by atomic mass is 35.5. The number of benzene rings is 1. The van der Waals surface area contributed by atoms with E-state index in [1.807, 2.05) is 0 Å². The molecule has 0 saturated heterocycles. The van der Waals surface area contributed by atoms with Gasteiger partial charge in [0.25, 0.3) is 0 Å². The Morgan fingerprint density at radius 1 is 1.28 bits per heavy atom. The number of hydrogen-bond acceptors (Lipinski definition) is 3. The van der Waals surface area contributed by atoms with E-state index in [2.05, 4.69) is 15.5 Å². The van der Waals surface area contributed by atoms with Crippen molar-refractivity contribution in [3.63, 3.8) is 0 Å². The number of pyridine rings is 1. The van der Waals surface area contributed by atoms with Crippen LogP contribution >= 0.6 is 23.2 Å². The largest absolute Gasteiger partial charge is 0.260 e. The predicted octanol–water partition coefficient (Wildman–Crippen LogP) is 3.97. The molecule has 3 nitrogen and oxygen atoms in total. The third-order valence-corrected chi connectivity index (χ3v) is 2.54. The molecule has 0 spiro atoms. The van der Waals surface area contributed by atoms with E-state index in [0.29, 0.717) is 21.4 Å². The topological polar surface area (TPSA) is 37.3 Å². The Labute approximate surface area is 113 Å². The average molecular weight is 284 g/mol. The molecule has 1 heterocycles. The summed E-state index contributed by atoms with van der Waals surface area (Å²) in [6, 6.07) is 7.61. The molecule has 0 fully saturated rings. The third-order valence-electron chi connectivity index (χ3n) is 2.04. The molecule has 6 heteroatoms. The van der Waals surface area contributed by atoms with Crippen LogP contribution in [0.25, 0.3) is 0 Å². The number of nitrogens with one attached hydrogen (secondary N) is 1.